The molecule has 0 aliphatic rings. The van der Waals surface area contributed by atoms with Gasteiger partial charge in [0.25, 0.3) is 0 Å². The topological polar surface area (TPSA) is 60.7 Å². The minimum atomic E-state index is 0.204. The second-order valence-corrected chi connectivity index (χ2v) is 2.91. The van der Waals surface area contributed by atoms with Crippen LogP contribution < -0.4 is 0 Å². The molecule has 0 N–H and O–H groups in total. The second-order valence-electron chi connectivity index (χ2n) is 2.91. The predicted octanol–water partition coefficient (Wildman–Crippen LogP) is 0.783. The van der Waals surface area contributed by atoms with Gasteiger partial charge in [-0.25, -0.2) is 0 Å². The largest absolute Gasteiger partial charge is 0.294 e. The van der Waals surface area contributed by atoms with Gasteiger partial charge in [0.05, 0.1) is 5.69 Å². The van der Waals surface area contributed by atoms with Crippen LogP contribution in [0.1, 0.15) is 16.2 Å². The first-order valence-corrected chi connectivity index (χ1v) is 4.12. The summed E-state index contributed by atoms with van der Waals surface area (Å²) in [4.78, 5) is 10.6. The van der Waals surface area contributed by atoms with E-state index >= 15 is 0 Å². The molecule has 0 spiro atoms. The Bertz CT molecular complexity index is 463. The zero-order valence-corrected chi connectivity index (χ0v) is 7.58. The molecule has 0 bridgehead atoms. The maximum absolute atomic E-state index is 10.6. The summed E-state index contributed by atoms with van der Waals surface area (Å²) >= 11 is 0. The lowest BCUT2D eigenvalue weighted by atomic mass is 10.2. The smallest absolute Gasteiger partial charge is 0.219 e. The Hall–Kier alpha value is -2.04. The van der Waals surface area contributed by atoms with Gasteiger partial charge in [0.2, 0.25) is 5.82 Å². The quantitative estimate of drug-likeness (QED) is 0.653. The van der Waals surface area contributed by atoms with E-state index in [1.807, 2.05) is 31.2 Å². The fourth-order valence-corrected chi connectivity index (χ4v) is 1.21. The number of hydrogen-bond donors (Lipinski definition) is 0. The molecule has 0 fully saturated rings. The summed E-state index contributed by atoms with van der Waals surface area (Å²) < 4.78 is 1.40. The summed E-state index contributed by atoms with van der Waals surface area (Å²) in [5.74, 6) is 0.204. The van der Waals surface area contributed by atoms with Crippen LogP contribution in [0.15, 0.2) is 24.3 Å². The molecule has 0 saturated heterocycles. The van der Waals surface area contributed by atoms with Gasteiger partial charge in [0.15, 0.2) is 6.29 Å². The normalized spacial score (nSPS) is 10.1. The Balaban J connectivity index is 2.54. The Morgan fingerprint density at radius 3 is 3.00 bits per heavy atom. The van der Waals surface area contributed by atoms with E-state index in [1.54, 1.807) is 0 Å². The van der Waals surface area contributed by atoms with Crippen LogP contribution in [0.5, 0.6) is 0 Å². The van der Waals surface area contributed by atoms with Crippen LogP contribution in [0.4, 0.5) is 0 Å². The molecule has 5 nitrogen and oxygen atoms in total. The molecule has 0 atom stereocenters. The van der Waals surface area contributed by atoms with Gasteiger partial charge in [-0.2, -0.15) is 4.68 Å². The first-order chi connectivity index (χ1) is 6.81. The van der Waals surface area contributed by atoms with E-state index in [9.17, 15) is 4.79 Å². The van der Waals surface area contributed by atoms with Crippen LogP contribution in [-0.4, -0.2) is 26.5 Å². The van der Waals surface area contributed by atoms with Crippen molar-refractivity contribution in [3.8, 4) is 5.69 Å². The van der Waals surface area contributed by atoms with E-state index in [1.165, 1.54) is 4.68 Å². The van der Waals surface area contributed by atoms with Gasteiger partial charge in [-0.1, -0.05) is 12.1 Å². The van der Waals surface area contributed by atoms with Gasteiger partial charge < -0.3 is 0 Å². The molecule has 1 aromatic heterocycles. The molecule has 5 heteroatoms. The minimum Gasteiger partial charge on any atom is -0.294 e. The molecule has 2 aromatic rings. The summed E-state index contributed by atoms with van der Waals surface area (Å²) in [7, 11) is 0. The predicted molar refractivity (Wildman–Crippen MR) is 49.3 cm³/mol. The van der Waals surface area contributed by atoms with E-state index in [2.05, 4.69) is 15.5 Å². The Morgan fingerprint density at radius 1 is 1.43 bits per heavy atom. The SMILES string of the molecule is Cc1cccc(-n2nnnc2C=O)c1. The van der Waals surface area contributed by atoms with E-state index in [4.69, 9.17) is 0 Å². The molecular weight excluding hydrogens is 180 g/mol. The Morgan fingerprint density at radius 2 is 2.29 bits per heavy atom. The highest BCUT2D eigenvalue weighted by Gasteiger charge is 2.05. The summed E-state index contributed by atoms with van der Waals surface area (Å²) in [6.07, 6.45) is 0.627. The molecule has 70 valence electrons. The number of hydrogen-bond acceptors (Lipinski definition) is 4. The van der Waals surface area contributed by atoms with Crippen molar-refractivity contribution in [2.75, 3.05) is 0 Å². The van der Waals surface area contributed by atoms with Crippen LogP contribution in [0, 0.1) is 6.92 Å². The highest BCUT2D eigenvalue weighted by Crippen LogP contribution is 2.08. The van der Waals surface area contributed by atoms with Gasteiger partial charge in [-0.05, 0) is 35.0 Å². The van der Waals surface area contributed by atoms with Gasteiger partial charge in [0, 0.05) is 0 Å². The highest BCUT2D eigenvalue weighted by atomic mass is 16.1. The number of aromatic nitrogens is 4. The number of nitrogens with zero attached hydrogens (tertiary/aromatic N) is 4. The molecular formula is C9H8N4O. The fourth-order valence-electron chi connectivity index (χ4n) is 1.21. The van der Waals surface area contributed by atoms with E-state index in [0.717, 1.165) is 11.3 Å². The number of tetrazole rings is 1. The van der Waals surface area contributed by atoms with Crippen LogP contribution in [0.25, 0.3) is 5.69 Å². The molecule has 0 aliphatic carbocycles. The number of aldehydes is 1. The second kappa shape index (κ2) is 3.37. The van der Waals surface area contributed by atoms with Crippen molar-refractivity contribution in [1.82, 2.24) is 20.2 Å². The highest BCUT2D eigenvalue weighted by molar-refractivity contribution is 5.69. The van der Waals surface area contributed by atoms with E-state index in [-0.39, 0.29) is 5.82 Å². The van der Waals surface area contributed by atoms with Crippen molar-refractivity contribution in [1.29, 1.82) is 0 Å². The molecule has 0 aliphatic heterocycles. The molecule has 14 heavy (non-hydrogen) atoms. The summed E-state index contributed by atoms with van der Waals surface area (Å²) in [6.45, 7) is 1.97. The number of carbonyl (C=O) groups is 1. The summed E-state index contributed by atoms with van der Waals surface area (Å²) in [5.41, 5.74) is 1.88. The van der Waals surface area contributed by atoms with Crippen LogP contribution >= 0.6 is 0 Å². The van der Waals surface area contributed by atoms with Crippen molar-refractivity contribution in [3.63, 3.8) is 0 Å². The molecule has 2 rings (SSSR count). The Kier molecular flexibility index (Phi) is 2.06. The fraction of sp³-hybridized carbons (Fsp3) is 0.111. The summed E-state index contributed by atoms with van der Waals surface area (Å²) in [6, 6.07) is 7.61. The average Bonchev–Trinajstić information content (AvgIpc) is 2.65. The van der Waals surface area contributed by atoms with Crippen molar-refractivity contribution in [3.05, 3.63) is 35.7 Å². The van der Waals surface area contributed by atoms with Crippen molar-refractivity contribution in [2.24, 2.45) is 0 Å². The van der Waals surface area contributed by atoms with Crippen molar-refractivity contribution < 1.29 is 4.79 Å². The maximum Gasteiger partial charge on any atom is 0.219 e. The van der Waals surface area contributed by atoms with Crippen LogP contribution in [0.3, 0.4) is 0 Å². The molecule has 0 amide bonds. The minimum absolute atomic E-state index is 0.204. The molecule has 1 heterocycles. The summed E-state index contributed by atoms with van der Waals surface area (Å²) in [5, 5.41) is 10.7. The van der Waals surface area contributed by atoms with Gasteiger partial charge in [-0.3, -0.25) is 4.79 Å². The lowest BCUT2D eigenvalue weighted by Gasteiger charge is -2.00. The van der Waals surface area contributed by atoms with Crippen molar-refractivity contribution in [2.45, 2.75) is 6.92 Å². The standard InChI is InChI=1S/C9H8N4O/c1-7-3-2-4-8(5-7)13-9(6-14)10-11-12-13/h2-6H,1H3. The van der Waals surface area contributed by atoms with Crippen LogP contribution in [-0.2, 0) is 0 Å². The number of benzene rings is 1. The molecule has 0 unspecified atom stereocenters. The number of carbonyl (C=O) groups excluding carboxylic acids is 1. The average molecular weight is 188 g/mol. The third-order valence-electron chi connectivity index (χ3n) is 1.85. The lowest BCUT2D eigenvalue weighted by Crippen LogP contribution is -2.02. The van der Waals surface area contributed by atoms with Gasteiger partial charge >= 0.3 is 0 Å². The van der Waals surface area contributed by atoms with Gasteiger partial charge in [-0.15, -0.1) is 5.10 Å². The van der Waals surface area contributed by atoms with Crippen LogP contribution in [0.2, 0.25) is 0 Å². The lowest BCUT2D eigenvalue weighted by molar-refractivity contribution is 0.111. The Labute approximate surface area is 80.4 Å². The molecule has 1 aromatic carbocycles. The third kappa shape index (κ3) is 1.39. The monoisotopic (exact) mass is 188 g/mol. The molecule has 0 saturated carbocycles. The van der Waals surface area contributed by atoms with Crippen molar-refractivity contribution >= 4 is 6.29 Å². The maximum atomic E-state index is 10.6. The number of aryl methyl sites for hydroxylation is 1. The van der Waals surface area contributed by atoms with Gasteiger partial charge in [0.1, 0.15) is 0 Å². The number of rotatable bonds is 2. The third-order valence-corrected chi connectivity index (χ3v) is 1.85. The van der Waals surface area contributed by atoms with E-state index in [0.29, 0.717) is 6.29 Å². The zero-order valence-electron chi connectivity index (χ0n) is 7.58. The first kappa shape index (κ1) is 8.55. The van der Waals surface area contributed by atoms with E-state index < -0.39 is 0 Å². The molecule has 0 radical (unpaired) electrons. The first-order valence-electron chi connectivity index (χ1n) is 4.12. The zero-order chi connectivity index (χ0) is 9.97.